The van der Waals surface area contributed by atoms with E-state index in [9.17, 15) is 9.59 Å². The molecule has 0 aliphatic heterocycles. The number of carbonyl (C=O) groups is 2. The number of nitrogens with zero attached hydrogens (tertiary/aromatic N) is 2. The molecule has 644 valence electrons. The molecule has 0 fully saturated rings. The Labute approximate surface area is 673 Å². The van der Waals surface area contributed by atoms with Gasteiger partial charge in [0.1, 0.15) is 18.5 Å². The molecule has 108 heavy (non-hydrogen) atoms. The number of allylic oxidation sites excluding steroid dienone is 4. The number of quaternary nitrogens is 1. The van der Waals surface area contributed by atoms with E-state index in [0.717, 1.165) is 128 Å². The van der Waals surface area contributed by atoms with Crippen LogP contribution < -0.4 is 33.6 Å². The van der Waals surface area contributed by atoms with Gasteiger partial charge in [-0.15, -0.1) is 0 Å². The van der Waals surface area contributed by atoms with Crippen LogP contribution in [-0.4, -0.2) is 159 Å². The molecule has 0 radical (unpaired) electrons. The highest BCUT2D eigenvalue weighted by Crippen LogP contribution is 2.21. The van der Waals surface area contributed by atoms with E-state index in [2.05, 4.69) is 76.7 Å². The van der Waals surface area contributed by atoms with Crippen LogP contribution in [0.2, 0.25) is 0 Å². The molecule has 0 spiro atoms. The summed E-state index contributed by atoms with van der Waals surface area (Å²) >= 11 is 0. The summed E-state index contributed by atoms with van der Waals surface area (Å²) in [5.41, 5.74) is 22.8. The van der Waals surface area contributed by atoms with Crippen LogP contribution in [0.3, 0.4) is 0 Å². The predicted molar refractivity (Wildman–Crippen MR) is 473 cm³/mol. The number of nitrogens with two attached hydrogens (primary N) is 4. The molecule has 0 rings (SSSR count). The summed E-state index contributed by atoms with van der Waals surface area (Å²) < 4.78 is 25.4. The van der Waals surface area contributed by atoms with Gasteiger partial charge in [0.2, 0.25) is 0 Å². The average Bonchev–Trinajstić information content (AvgIpc) is 0.900. The fraction of sp³-hybridized carbons (Fsp3) is 0.936. The molecule has 10 N–H and O–H groups in total. The number of ketones is 1. The summed E-state index contributed by atoms with van der Waals surface area (Å²) in [7, 11) is 4.76. The van der Waals surface area contributed by atoms with Crippen molar-refractivity contribution < 1.29 is 33.0 Å². The van der Waals surface area contributed by atoms with Crippen molar-refractivity contribution in [3.8, 4) is 0 Å². The van der Waals surface area contributed by atoms with E-state index >= 15 is 0 Å². The van der Waals surface area contributed by atoms with Gasteiger partial charge < -0.3 is 61.9 Å². The Morgan fingerprint density at radius 1 is 0.370 bits per heavy atom. The Morgan fingerprint density at radius 3 is 1.18 bits per heavy atom. The Bertz CT molecular complexity index is 1800. The molecule has 0 saturated carbocycles. The fourth-order valence-corrected chi connectivity index (χ4v) is 14.7. The number of amides is 1. The van der Waals surface area contributed by atoms with Crippen molar-refractivity contribution in [2.75, 3.05) is 126 Å². The van der Waals surface area contributed by atoms with Crippen LogP contribution >= 0.6 is 0 Å². The molecule has 14 heteroatoms. The molecule has 0 aromatic carbocycles. The van der Waals surface area contributed by atoms with E-state index in [-0.39, 0.29) is 24.8 Å². The van der Waals surface area contributed by atoms with Crippen LogP contribution in [-0.2, 0) is 23.7 Å². The highest BCUT2D eigenvalue weighted by Gasteiger charge is 2.25. The van der Waals surface area contributed by atoms with Gasteiger partial charge in [0.25, 0.3) is 0 Å². The van der Waals surface area contributed by atoms with Crippen molar-refractivity contribution in [1.29, 1.82) is 0 Å². The Hall–Kier alpha value is -1.98. The summed E-state index contributed by atoms with van der Waals surface area (Å²) in [4.78, 5) is 28.2. The number of hydrogen-bond donors (Lipinski definition) is 6. The smallest absolute Gasteiger partial charge is 0.409 e. The SMILES string of the molecule is CCCCCCCC/C=C/CCCCCCCCCC(COCCCCCCCC/C=C/CCCCCCCC)C[N+](C)(C)CCCC(=O)C(CCCCCCCN)NCCCN.CCCCCCCCCCCCOCC(COC(=O)N(CCCN)CCCNCCCN)OCCCCCCCCCCCC. The van der Waals surface area contributed by atoms with Crippen molar-refractivity contribution in [3.63, 3.8) is 0 Å². The first-order valence-electron chi connectivity index (χ1n) is 47.7. The number of hydrogen-bond acceptors (Lipinski definition) is 12. The monoisotopic (exact) mass is 1530 g/mol. The van der Waals surface area contributed by atoms with Gasteiger partial charge in [-0.2, -0.15) is 0 Å². The highest BCUT2D eigenvalue weighted by atomic mass is 16.6. The Balaban J connectivity index is 0. The third-order valence-corrected chi connectivity index (χ3v) is 21.7. The second-order valence-electron chi connectivity index (χ2n) is 33.2. The van der Waals surface area contributed by atoms with Crippen molar-refractivity contribution >= 4 is 11.9 Å². The van der Waals surface area contributed by atoms with Crippen LogP contribution in [0.15, 0.2) is 24.3 Å². The van der Waals surface area contributed by atoms with Gasteiger partial charge in [-0.05, 0) is 161 Å². The van der Waals surface area contributed by atoms with Crippen LogP contribution in [0.25, 0.3) is 0 Å². The number of unbranched alkanes of at least 4 members (excludes halogenated alkanes) is 47. The van der Waals surface area contributed by atoms with Crippen LogP contribution in [0, 0.1) is 5.92 Å². The molecule has 14 nitrogen and oxygen atoms in total. The van der Waals surface area contributed by atoms with E-state index in [0.29, 0.717) is 64.1 Å². The van der Waals surface area contributed by atoms with Crippen molar-refractivity contribution in [3.05, 3.63) is 24.3 Å². The van der Waals surface area contributed by atoms with Gasteiger partial charge in [0.05, 0.1) is 46.4 Å². The summed E-state index contributed by atoms with van der Waals surface area (Å²) in [6.07, 6.45) is 87.6. The molecule has 3 atom stereocenters. The largest absolute Gasteiger partial charge is 0.447 e. The number of rotatable bonds is 90. The summed E-state index contributed by atoms with van der Waals surface area (Å²) in [6, 6.07) is -0.0268. The summed E-state index contributed by atoms with van der Waals surface area (Å²) in [5, 5.41) is 6.93. The number of Topliss-reactive ketones (excluding diaryl/α,β-unsaturated/α-hetero) is 1. The quantitative estimate of drug-likeness (QED) is 0.0191. The minimum absolute atomic E-state index is 0.0268. The molecule has 0 bridgehead atoms. The number of carbonyl (C=O) groups excluding carboxylic acids is 2. The molecule has 0 aromatic rings. The van der Waals surface area contributed by atoms with Crippen LogP contribution in [0.1, 0.15) is 426 Å². The molecular weight excluding hydrogens is 1340 g/mol. The fourth-order valence-electron chi connectivity index (χ4n) is 14.7. The highest BCUT2D eigenvalue weighted by molar-refractivity contribution is 5.83. The molecular formula is C94H193N8O6+. The van der Waals surface area contributed by atoms with Crippen molar-refractivity contribution in [2.45, 2.75) is 438 Å². The molecule has 1 amide bonds. The molecule has 0 aromatic heterocycles. The Morgan fingerprint density at radius 2 is 0.731 bits per heavy atom. The van der Waals surface area contributed by atoms with E-state index < -0.39 is 0 Å². The lowest BCUT2D eigenvalue weighted by Gasteiger charge is -2.34. The van der Waals surface area contributed by atoms with Gasteiger partial charge in [-0.25, -0.2) is 4.79 Å². The first-order chi connectivity index (χ1) is 53.1. The number of ether oxygens (including phenoxy) is 4. The lowest BCUT2D eigenvalue weighted by molar-refractivity contribution is -0.894. The minimum atomic E-state index is -0.285. The molecule has 0 heterocycles. The van der Waals surface area contributed by atoms with Gasteiger partial charge in [0, 0.05) is 51.7 Å². The minimum Gasteiger partial charge on any atom is -0.447 e. The third kappa shape index (κ3) is 84.9. The second-order valence-corrected chi connectivity index (χ2v) is 33.2. The summed E-state index contributed by atoms with van der Waals surface area (Å²) in [6.45, 7) is 21.7. The maximum Gasteiger partial charge on any atom is 0.409 e. The Kier molecular flexibility index (Phi) is 92.3. The first-order valence-corrected chi connectivity index (χ1v) is 47.7. The lowest BCUT2D eigenvalue weighted by atomic mass is 9.98. The predicted octanol–water partition coefficient (Wildman–Crippen LogP) is 23.9. The maximum absolute atomic E-state index is 13.4. The van der Waals surface area contributed by atoms with E-state index in [1.807, 2.05) is 0 Å². The van der Waals surface area contributed by atoms with Crippen LogP contribution in [0.5, 0.6) is 0 Å². The number of nitrogens with one attached hydrogen (secondary N) is 2. The average molecular weight is 1530 g/mol. The lowest BCUT2D eigenvalue weighted by Crippen LogP contribution is -2.45. The third-order valence-electron chi connectivity index (χ3n) is 21.7. The van der Waals surface area contributed by atoms with Gasteiger partial charge in [0.15, 0.2) is 0 Å². The van der Waals surface area contributed by atoms with E-state index in [1.54, 1.807) is 4.90 Å². The second kappa shape index (κ2) is 92.2. The molecule has 0 aliphatic carbocycles. The molecule has 3 unspecified atom stereocenters. The normalized spacial score (nSPS) is 12.8. The molecule has 0 saturated heterocycles. The first kappa shape index (κ1) is 108. The van der Waals surface area contributed by atoms with Crippen molar-refractivity contribution in [1.82, 2.24) is 15.5 Å². The van der Waals surface area contributed by atoms with Gasteiger partial charge in [-0.1, -0.05) is 322 Å². The van der Waals surface area contributed by atoms with Crippen LogP contribution in [0.4, 0.5) is 4.79 Å². The van der Waals surface area contributed by atoms with Gasteiger partial charge >= 0.3 is 6.09 Å². The maximum atomic E-state index is 13.4. The van der Waals surface area contributed by atoms with E-state index in [4.69, 9.17) is 41.9 Å². The topological polar surface area (TPSA) is 202 Å². The zero-order chi connectivity index (χ0) is 78.9. The standard InChI is InChI=1S/C57H115N4O2.C37H78N4O4/c1-5-7-9-11-13-15-17-19-21-23-24-26-28-30-32-35-39-45-55(54-63-52-42-38-33-31-29-27-25-22-20-18-16-14-12-10-8-6-2)53-61(3,4)51-43-47-57(62)56(60-50-44-49-59)46-40-36-34-37-41-48-58;1-3-5-7-9-11-13-15-17-19-21-32-43-34-36(44-33-22-20-18-16-14-12-10-8-6-4-2)35-45-37(42)41(30-24-27-39)31-25-29-40-28-23-26-38/h19-22,55-56,60H,5-18,23-54,58-59H2,1-4H3;36,40H,3-35,38-39H2,1-2H3/q+1;/b21-19+,22-20+;. The summed E-state index contributed by atoms with van der Waals surface area (Å²) in [5.74, 6) is 0.974. The zero-order valence-corrected chi connectivity index (χ0v) is 73.6. The van der Waals surface area contributed by atoms with E-state index in [1.165, 1.54) is 327 Å². The molecule has 0 aliphatic rings. The zero-order valence-electron chi connectivity index (χ0n) is 73.6. The van der Waals surface area contributed by atoms with Gasteiger partial charge in [-0.3, -0.25) is 4.79 Å². The van der Waals surface area contributed by atoms with Crippen molar-refractivity contribution in [2.24, 2.45) is 28.9 Å².